The van der Waals surface area contributed by atoms with Crippen LogP contribution in [0.3, 0.4) is 0 Å². The van der Waals surface area contributed by atoms with Crippen molar-refractivity contribution in [1.82, 2.24) is 15.5 Å². The van der Waals surface area contributed by atoms with E-state index >= 15 is 0 Å². The number of nitrogens with zero attached hydrogens (tertiary/aromatic N) is 1. The van der Waals surface area contributed by atoms with Gasteiger partial charge in [-0.3, -0.25) is 9.59 Å². The number of hydrogen-bond donors (Lipinski definition) is 3. The standard InChI is InChI=1S/C20H25FN4O2S/c1-2-11-22-20(28)25-16-6-4-3-5-15(16)24-19(27)17(25)12-18(26)23-14-9-7-13(21)8-10-14/h2,7-10,15-17H,1,3-6,11-12H2,(H,22,28)(H,23,26)(H,24,27). The molecule has 2 amide bonds. The first-order valence-corrected chi connectivity index (χ1v) is 9.93. The van der Waals surface area contributed by atoms with Crippen LogP contribution in [0.1, 0.15) is 32.1 Å². The second-order valence-electron chi connectivity index (χ2n) is 7.12. The van der Waals surface area contributed by atoms with Crippen molar-refractivity contribution >= 4 is 34.8 Å². The van der Waals surface area contributed by atoms with E-state index in [4.69, 9.17) is 12.2 Å². The average molecular weight is 405 g/mol. The van der Waals surface area contributed by atoms with Crippen molar-refractivity contribution in [3.05, 3.63) is 42.7 Å². The summed E-state index contributed by atoms with van der Waals surface area (Å²) < 4.78 is 13.0. The van der Waals surface area contributed by atoms with Crippen LogP contribution in [0.25, 0.3) is 0 Å². The molecule has 1 heterocycles. The lowest BCUT2D eigenvalue weighted by Crippen LogP contribution is -2.69. The molecular formula is C20H25FN4O2S. The zero-order chi connectivity index (χ0) is 20.1. The second-order valence-corrected chi connectivity index (χ2v) is 7.51. The molecule has 1 saturated carbocycles. The summed E-state index contributed by atoms with van der Waals surface area (Å²) in [5.74, 6) is -0.893. The molecule has 1 saturated heterocycles. The summed E-state index contributed by atoms with van der Waals surface area (Å²) in [7, 11) is 0. The minimum atomic E-state index is -0.690. The van der Waals surface area contributed by atoms with Crippen LogP contribution >= 0.6 is 12.2 Å². The van der Waals surface area contributed by atoms with E-state index in [-0.39, 0.29) is 36.1 Å². The first kappa shape index (κ1) is 20.3. The SMILES string of the molecule is C=CCNC(=S)N1C(CC(=O)Nc2ccc(F)cc2)C(=O)NC2CCCCC21. The molecule has 3 rings (SSSR count). The molecular weight excluding hydrogens is 379 g/mol. The number of nitrogens with one attached hydrogen (secondary N) is 3. The minimum absolute atomic E-state index is 0.0393. The smallest absolute Gasteiger partial charge is 0.243 e. The molecule has 1 aromatic rings. The van der Waals surface area contributed by atoms with Crippen LogP contribution < -0.4 is 16.0 Å². The molecule has 3 unspecified atom stereocenters. The predicted molar refractivity (Wildman–Crippen MR) is 110 cm³/mol. The maximum Gasteiger partial charge on any atom is 0.243 e. The largest absolute Gasteiger partial charge is 0.359 e. The molecule has 6 nitrogen and oxygen atoms in total. The van der Waals surface area contributed by atoms with Crippen molar-refractivity contribution in [2.45, 2.75) is 50.2 Å². The van der Waals surface area contributed by atoms with Gasteiger partial charge in [-0.2, -0.15) is 0 Å². The van der Waals surface area contributed by atoms with Crippen molar-refractivity contribution in [1.29, 1.82) is 0 Å². The summed E-state index contributed by atoms with van der Waals surface area (Å²) >= 11 is 5.55. The average Bonchev–Trinajstić information content (AvgIpc) is 2.68. The Kier molecular flexibility index (Phi) is 6.61. The monoisotopic (exact) mass is 404 g/mol. The number of piperazine rings is 1. The molecule has 1 aromatic carbocycles. The van der Waals surface area contributed by atoms with Gasteiger partial charge in [0.25, 0.3) is 0 Å². The summed E-state index contributed by atoms with van der Waals surface area (Å²) in [5.41, 5.74) is 0.483. The molecule has 2 fully saturated rings. The molecule has 8 heteroatoms. The Balaban J connectivity index is 1.75. The highest BCUT2D eigenvalue weighted by Gasteiger charge is 2.44. The Morgan fingerprint density at radius 2 is 2.04 bits per heavy atom. The quantitative estimate of drug-likeness (QED) is 0.519. The van der Waals surface area contributed by atoms with Gasteiger partial charge < -0.3 is 20.9 Å². The van der Waals surface area contributed by atoms with E-state index in [2.05, 4.69) is 22.5 Å². The van der Waals surface area contributed by atoms with Gasteiger partial charge in [0, 0.05) is 18.3 Å². The number of fused-ring (bicyclic) bond motifs is 1. The molecule has 2 aliphatic rings. The highest BCUT2D eigenvalue weighted by molar-refractivity contribution is 7.80. The van der Waals surface area contributed by atoms with E-state index in [1.54, 1.807) is 6.08 Å². The second kappa shape index (κ2) is 9.14. The lowest BCUT2D eigenvalue weighted by Gasteiger charge is -2.49. The highest BCUT2D eigenvalue weighted by atomic mass is 32.1. The number of carbonyl (C=O) groups is 2. The van der Waals surface area contributed by atoms with Crippen molar-refractivity contribution in [3.63, 3.8) is 0 Å². The van der Waals surface area contributed by atoms with Crippen LogP contribution in [0.5, 0.6) is 0 Å². The van der Waals surface area contributed by atoms with Crippen LogP contribution in [0.4, 0.5) is 10.1 Å². The van der Waals surface area contributed by atoms with Crippen LogP contribution in [-0.2, 0) is 9.59 Å². The Morgan fingerprint density at radius 1 is 1.32 bits per heavy atom. The number of rotatable bonds is 5. The molecule has 0 spiro atoms. The summed E-state index contributed by atoms with van der Waals surface area (Å²) in [6, 6.07) is 4.94. The summed E-state index contributed by atoms with van der Waals surface area (Å²) in [6.45, 7) is 4.17. The van der Waals surface area contributed by atoms with Gasteiger partial charge in [-0.1, -0.05) is 18.9 Å². The van der Waals surface area contributed by atoms with Gasteiger partial charge in [-0.25, -0.2) is 4.39 Å². The molecule has 1 aliphatic heterocycles. The number of benzene rings is 1. The molecule has 3 atom stereocenters. The molecule has 0 bridgehead atoms. The molecule has 0 aromatic heterocycles. The van der Waals surface area contributed by atoms with Crippen molar-refractivity contribution in [3.8, 4) is 0 Å². The van der Waals surface area contributed by atoms with Gasteiger partial charge in [0.05, 0.1) is 12.5 Å². The lowest BCUT2D eigenvalue weighted by atomic mass is 9.85. The fraction of sp³-hybridized carbons (Fsp3) is 0.450. The Hall–Kier alpha value is -2.48. The number of hydrogen-bond acceptors (Lipinski definition) is 3. The predicted octanol–water partition coefficient (Wildman–Crippen LogP) is 2.33. The van der Waals surface area contributed by atoms with E-state index in [9.17, 15) is 14.0 Å². The fourth-order valence-corrected chi connectivity index (χ4v) is 4.25. The maximum atomic E-state index is 13.0. The van der Waals surface area contributed by atoms with Crippen LogP contribution in [0.15, 0.2) is 36.9 Å². The van der Waals surface area contributed by atoms with Crippen LogP contribution in [0, 0.1) is 5.82 Å². The van der Waals surface area contributed by atoms with Crippen molar-refractivity contribution < 1.29 is 14.0 Å². The number of anilines is 1. The van der Waals surface area contributed by atoms with Crippen LogP contribution in [0.2, 0.25) is 0 Å². The van der Waals surface area contributed by atoms with E-state index in [1.807, 2.05) is 4.90 Å². The van der Waals surface area contributed by atoms with E-state index in [0.29, 0.717) is 17.3 Å². The summed E-state index contributed by atoms with van der Waals surface area (Å²) in [4.78, 5) is 27.2. The summed E-state index contributed by atoms with van der Waals surface area (Å²) in [5, 5.41) is 9.35. The van der Waals surface area contributed by atoms with Crippen molar-refractivity contribution in [2.75, 3.05) is 11.9 Å². The number of amides is 2. The normalized spacial score (nSPS) is 24.0. The van der Waals surface area contributed by atoms with Gasteiger partial charge in [0.15, 0.2) is 5.11 Å². The number of halogens is 1. The zero-order valence-corrected chi connectivity index (χ0v) is 16.4. The topological polar surface area (TPSA) is 73.5 Å². The van der Waals surface area contributed by atoms with E-state index in [0.717, 1.165) is 25.7 Å². The number of thiocarbonyl (C=S) groups is 1. The third-order valence-electron chi connectivity index (χ3n) is 5.19. The minimum Gasteiger partial charge on any atom is -0.359 e. The molecule has 1 aliphatic carbocycles. The summed E-state index contributed by atoms with van der Waals surface area (Å²) in [6.07, 6.45) is 5.61. The maximum absolute atomic E-state index is 13.0. The van der Waals surface area contributed by atoms with Crippen molar-refractivity contribution in [2.24, 2.45) is 0 Å². The van der Waals surface area contributed by atoms with Gasteiger partial charge in [-0.05, 0) is 49.3 Å². The Morgan fingerprint density at radius 3 is 2.75 bits per heavy atom. The number of carbonyl (C=O) groups excluding carboxylic acids is 2. The lowest BCUT2D eigenvalue weighted by molar-refractivity contribution is -0.134. The molecule has 3 N–H and O–H groups in total. The third kappa shape index (κ3) is 4.67. The van der Waals surface area contributed by atoms with E-state index < -0.39 is 6.04 Å². The van der Waals surface area contributed by atoms with Gasteiger partial charge in [0.1, 0.15) is 11.9 Å². The Bertz CT molecular complexity index is 755. The first-order chi connectivity index (χ1) is 13.5. The van der Waals surface area contributed by atoms with Crippen LogP contribution in [-0.4, -0.2) is 46.5 Å². The first-order valence-electron chi connectivity index (χ1n) is 9.52. The van der Waals surface area contributed by atoms with Gasteiger partial charge in [-0.15, -0.1) is 6.58 Å². The van der Waals surface area contributed by atoms with Gasteiger partial charge in [0.2, 0.25) is 11.8 Å². The van der Waals surface area contributed by atoms with Gasteiger partial charge >= 0.3 is 0 Å². The zero-order valence-electron chi connectivity index (χ0n) is 15.6. The molecule has 150 valence electrons. The Labute approximate surface area is 169 Å². The molecule has 0 radical (unpaired) electrons. The van der Waals surface area contributed by atoms with E-state index in [1.165, 1.54) is 24.3 Å². The fourth-order valence-electron chi connectivity index (χ4n) is 3.90. The third-order valence-corrected chi connectivity index (χ3v) is 5.55. The molecule has 28 heavy (non-hydrogen) atoms. The highest BCUT2D eigenvalue weighted by Crippen LogP contribution is 2.29.